The molecule has 0 radical (unpaired) electrons. The van der Waals surface area contributed by atoms with Crippen LogP contribution < -0.4 is 5.32 Å². The van der Waals surface area contributed by atoms with Gasteiger partial charge in [0.15, 0.2) is 0 Å². The van der Waals surface area contributed by atoms with Gasteiger partial charge in [-0.25, -0.2) is 0 Å². The summed E-state index contributed by atoms with van der Waals surface area (Å²) >= 11 is 0. The normalized spacial score (nSPS) is 30.9. The van der Waals surface area contributed by atoms with Crippen LogP contribution in [0.4, 0.5) is 0 Å². The smallest absolute Gasteiger partial charge is 0.0546 e. The summed E-state index contributed by atoms with van der Waals surface area (Å²) in [6, 6.07) is 0.862. The molecule has 94 valence electrons. The van der Waals surface area contributed by atoms with Crippen LogP contribution in [0.1, 0.15) is 32.6 Å². The molecule has 1 aliphatic carbocycles. The van der Waals surface area contributed by atoms with Crippen LogP contribution in [0.2, 0.25) is 0 Å². The van der Waals surface area contributed by atoms with E-state index in [4.69, 9.17) is 4.74 Å². The van der Waals surface area contributed by atoms with Gasteiger partial charge in [0, 0.05) is 31.2 Å². The van der Waals surface area contributed by atoms with E-state index in [0.29, 0.717) is 5.41 Å². The summed E-state index contributed by atoms with van der Waals surface area (Å²) in [5.41, 5.74) is 0.367. The zero-order valence-corrected chi connectivity index (χ0v) is 10.8. The average Bonchev–Trinajstić information content (AvgIpc) is 3.11. The zero-order valence-electron chi connectivity index (χ0n) is 10.8. The van der Waals surface area contributed by atoms with E-state index < -0.39 is 0 Å². The third-order valence-corrected chi connectivity index (χ3v) is 3.91. The van der Waals surface area contributed by atoms with Crippen LogP contribution in [0.25, 0.3) is 0 Å². The quantitative estimate of drug-likeness (QED) is 0.742. The molecule has 3 heteroatoms. The van der Waals surface area contributed by atoms with E-state index in [1.807, 2.05) is 0 Å². The Balaban J connectivity index is 1.89. The van der Waals surface area contributed by atoms with Crippen molar-refractivity contribution in [3.63, 3.8) is 0 Å². The fourth-order valence-corrected chi connectivity index (χ4v) is 2.79. The van der Waals surface area contributed by atoms with Crippen molar-refractivity contribution in [1.29, 1.82) is 0 Å². The summed E-state index contributed by atoms with van der Waals surface area (Å²) in [6.07, 6.45) is 5.34. The van der Waals surface area contributed by atoms with E-state index in [1.165, 1.54) is 32.2 Å². The van der Waals surface area contributed by atoms with Crippen molar-refractivity contribution in [2.45, 2.75) is 38.6 Å². The molecule has 0 bridgehead atoms. The van der Waals surface area contributed by atoms with Crippen LogP contribution in [0.3, 0.4) is 0 Å². The fraction of sp³-hybridized carbons (Fsp3) is 1.00. The van der Waals surface area contributed by atoms with Gasteiger partial charge in [-0.3, -0.25) is 0 Å². The summed E-state index contributed by atoms with van der Waals surface area (Å²) in [5.74, 6) is 0. The molecule has 0 aromatic heterocycles. The van der Waals surface area contributed by atoms with E-state index in [1.54, 1.807) is 0 Å². The Labute approximate surface area is 99.5 Å². The minimum absolute atomic E-state index is 0.367. The molecule has 0 aromatic carbocycles. The molecule has 3 nitrogen and oxygen atoms in total. The Morgan fingerprint density at radius 3 is 2.81 bits per heavy atom. The lowest BCUT2D eigenvalue weighted by molar-refractivity contribution is -0.0235. The Kier molecular flexibility index (Phi) is 4.22. The van der Waals surface area contributed by atoms with Crippen molar-refractivity contribution in [3.05, 3.63) is 0 Å². The number of ether oxygens (including phenoxy) is 1. The largest absolute Gasteiger partial charge is 0.381 e. The monoisotopic (exact) mass is 226 g/mol. The molecule has 1 unspecified atom stereocenters. The Morgan fingerprint density at radius 1 is 1.44 bits per heavy atom. The van der Waals surface area contributed by atoms with Crippen molar-refractivity contribution in [1.82, 2.24) is 10.2 Å². The van der Waals surface area contributed by atoms with Crippen molar-refractivity contribution < 1.29 is 4.74 Å². The van der Waals surface area contributed by atoms with Gasteiger partial charge in [0.25, 0.3) is 0 Å². The van der Waals surface area contributed by atoms with Crippen LogP contribution >= 0.6 is 0 Å². The summed E-state index contributed by atoms with van der Waals surface area (Å²) < 4.78 is 5.72. The standard InChI is InChI=1S/C13H26N2O/c1-3-14-9-13(7-4-8-16-11-13)10-15(2)12-5-6-12/h12,14H,3-11H2,1-2H3. The van der Waals surface area contributed by atoms with E-state index in [9.17, 15) is 0 Å². The van der Waals surface area contributed by atoms with E-state index >= 15 is 0 Å². The number of hydrogen-bond acceptors (Lipinski definition) is 3. The summed E-state index contributed by atoms with van der Waals surface area (Å²) in [4.78, 5) is 2.55. The lowest BCUT2D eigenvalue weighted by atomic mass is 9.81. The minimum atomic E-state index is 0.367. The summed E-state index contributed by atoms with van der Waals surface area (Å²) in [6.45, 7) is 7.46. The molecule has 0 amide bonds. The second-order valence-corrected chi connectivity index (χ2v) is 5.58. The van der Waals surface area contributed by atoms with Gasteiger partial charge in [-0.15, -0.1) is 0 Å². The molecular formula is C13H26N2O. The van der Waals surface area contributed by atoms with Crippen LogP contribution in [0.15, 0.2) is 0 Å². The molecular weight excluding hydrogens is 200 g/mol. The number of nitrogens with zero attached hydrogens (tertiary/aromatic N) is 1. The third-order valence-electron chi connectivity index (χ3n) is 3.91. The van der Waals surface area contributed by atoms with Gasteiger partial charge in [-0.2, -0.15) is 0 Å². The highest BCUT2D eigenvalue weighted by atomic mass is 16.5. The second kappa shape index (κ2) is 5.48. The fourth-order valence-electron chi connectivity index (χ4n) is 2.79. The lowest BCUT2D eigenvalue weighted by Crippen LogP contribution is -2.48. The average molecular weight is 226 g/mol. The van der Waals surface area contributed by atoms with Crippen LogP contribution in [0.5, 0.6) is 0 Å². The highest BCUT2D eigenvalue weighted by Gasteiger charge is 2.37. The summed E-state index contributed by atoms with van der Waals surface area (Å²) in [7, 11) is 2.28. The van der Waals surface area contributed by atoms with E-state index in [-0.39, 0.29) is 0 Å². The molecule has 2 aliphatic rings. The number of nitrogens with one attached hydrogen (secondary N) is 1. The van der Waals surface area contributed by atoms with Crippen LogP contribution in [-0.2, 0) is 4.74 Å². The molecule has 2 fully saturated rings. The Bertz CT molecular complexity index is 210. The van der Waals surface area contributed by atoms with Crippen LogP contribution in [-0.4, -0.2) is 50.8 Å². The molecule has 0 aromatic rings. The number of hydrogen-bond donors (Lipinski definition) is 1. The summed E-state index contributed by atoms with van der Waals surface area (Å²) in [5, 5.41) is 3.52. The molecule has 1 N–H and O–H groups in total. The van der Waals surface area contributed by atoms with Crippen molar-refractivity contribution in [2.24, 2.45) is 5.41 Å². The van der Waals surface area contributed by atoms with Gasteiger partial charge in [-0.1, -0.05) is 6.92 Å². The highest BCUT2D eigenvalue weighted by Crippen LogP contribution is 2.33. The Hall–Kier alpha value is -0.120. The first-order valence-electron chi connectivity index (χ1n) is 6.74. The first kappa shape index (κ1) is 12.3. The maximum absolute atomic E-state index is 5.72. The van der Waals surface area contributed by atoms with Crippen LogP contribution in [0, 0.1) is 5.41 Å². The molecule has 1 heterocycles. The van der Waals surface area contributed by atoms with E-state index in [2.05, 4.69) is 24.2 Å². The number of rotatable bonds is 6. The molecule has 2 rings (SSSR count). The molecule has 1 atom stereocenters. The lowest BCUT2D eigenvalue weighted by Gasteiger charge is -2.40. The predicted molar refractivity (Wildman–Crippen MR) is 66.7 cm³/mol. The van der Waals surface area contributed by atoms with Gasteiger partial charge >= 0.3 is 0 Å². The van der Waals surface area contributed by atoms with Crippen molar-refractivity contribution >= 4 is 0 Å². The topological polar surface area (TPSA) is 24.5 Å². The second-order valence-electron chi connectivity index (χ2n) is 5.58. The molecule has 1 aliphatic heterocycles. The zero-order chi connectivity index (χ0) is 11.4. The van der Waals surface area contributed by atoms with Gasteiger partial charge in [0.1, 0.15) is 0 Å². The minimum Gasteiger partial charge on any atom is -0.381 e. The molecule has 1 saturated carbocycles. The SMILES string of the molecule is CCNCC1(CN(C)C2CC2)CCCOC1. The van der Waals surface area contributed by atoms with Gasteiger partial charge in [0.2, 0.25) is 0 Å². The Morgan fingerprint density at radius 2 is 2.25 bits per heavy atom. The van der Waals surface area contributed by atoms with Gasteiger partial charge in [0.05, 0.1) is 6.61 Å². The first-order chi connectivity index (χ1) is 7.76. The third kappa shape index (κ3) is 3.19. The van der Waals surface area contributed by atoms with Gasteiger partial charge < -0.3 is 15.0 Å². The molecule has 0 spiro atoms. The maximum atomic E-state index is 5.72. The predicted octanol–water partition coefficient (Wildman–Crippen LogP) is 1.49. The van der Waals surface area contributed by atoms with E-state index in [0.717, 1.165) is 32.3 Å². The van der Waals surface area contributed by atoms with Crippen molar-refractivity contribution in [2.75, 3.05) is 39.9 Å². The highest BCUT2D eigenvalue weighted by molar-refractivity contribution is 4.91. The molecule has 16 heavy (non-hydrogen) atoms. The molecule has 1 saturated heterocycles. The first-order valence-corrected chi connectivity index (χ1v) is 6.74. The van der Waals surface area contributed by atoms with Gasteiger partial charge in [-0.05, 0) is 39.3 Å². The maximum Gasteiger partial charge on any atom is 0.0546 e. The van der Waals surface area contributed by atoms with Crippen molar-refractivity contribution in [3.8, 4) is 0 Å².